The Morgan fingerprint density at radius 2 is 1.25 bits per heavy atom. The number of nitrogens with one attached hydrogen (secondary N) is 1. The summed E-state index contributed by atoms with van der Waals surface area (Å²) < 4.78 is 29.4. The average Bonchev–Trinajstić information content (AvgIpc) is 2.68. The first kappa shape index (κ1) is 20.5. The maximum absolute atomic E-state index is 13.2. The standard InChI is InChI=1S/C23H27NO2SSi/c1-18-10-14-20(15-11-18)23(28(3,4)22-8-6-5-7-9-22)24-27(25,26)21-16-12-19(2)13-17-21/h5-17,23-24H,1-4H3/t23-/m0/s1. The van der Waals surface area contributed by atoms with Crippen LogP contribution < -0.4 is 9.91 Å². The van der Waals surface area contributed by atoms with E-state index in [1.165, 1.54) is 5.19 Å². The number of rotatable bonds is 6. The van der Waals surface area contributed by atoms with Crippen LogP contribution in [-0.2, 0) is 10.0 Å². The number of aryl methyl sites for hydroxylation is 2. The van der Waals surface area contributed by atoms with Crippen molar-refractivity contribution in [3.8, 4) is 0 Å². The second kappa shape index (κ2) is 8.03. The molecular weight excluding hydrogens is 382 g/mol. The molecule has 0 saturated heterocycles. The lowest BCUT2D eigenvalue weighted by atomic mass is 10.1. The summed E-state index contributed by atoms with van der Waals surface area (Å²) in [6, 6.07) is 25.4. The number of benzene rings is 3. The zero-order valence-electron chi connectivity index (χ0n) is 16.8. The lowest BCUT2D eigenvalue weighted by Crippen LogP contribution is -2.54. The van der Waals surface area contributed by atoms with Crippen LogP contribution in [0.1, 0.15) is 22.4 Å². The Bertz CT molecular complexity index is 1030. The fourth-order valence-corrected chi connectivity index (χ4v) is 8.50. The van der Waals surface area contributed by atoms with Gasteiger partial charge in [0.2, 0.25) is 10.0 Å². The molecule has 0 amide bonds. The van der Waals surface area contributed by atoms with Gasteiger partial charge in [-0.05, 0) is 31.5 Å². The second-order valence-electron chi connectivity index (χ2n) is 7.87. The predicted octanol–water partition coefficient (Wildman–Crippen LogP) is 4.48. The van der Waals surface area contributed by atoms with E-state index in [2.05, 4.69) is 29.9 Å². The van der Waals surface area contributed by atoms with E-state index in [1.54, 1.807) is 12.1 Å². The Hall–Kier alpha value is -2.21. The highest BCUT2D eigenvalue weighted by Crippen LogP contribution is 2.27. The summed E-state index contributed by atoms with van der Waals surface area (Å²) in [6.07, 6.45) is 0. The van der Waals surface area contributed by atoms with Crippen molar-refractivity contribution in [2.24, 2.45) is 0 Å². The molecule has 1 atom stereocenters. The smallest absolute Gasteiger partial charge is 0.207 e. The molecule has 0 aliphatic carbocycles. The lowest BCUT2D eigenvalue weighted by molar-refractivity contribution is 0.577. The zero-order valence-corrected chi connectivity index (χ0v) is 18.6. The zero-order chi connectivity index (χ0) is 20.4. The molecule has 0 aliphatic heterocycles. The molecule has 0 bridgehead atoms. The summed E-state index contributed by atoms with van der Waals surface area (Å²) >= 11 is 0. The fraction of sp³-hybridized carbons (Fsp3) is 0.217. The van der Waals surface area contributed by atoms with Crippen LogP contribution in [0.15, 0.2) is 83.8 Å². The molecule has 28 heavy (non-hydrogen) atoms. The summed E-state index contributed by atoms with van der Waals surface area (Å²) in [5.74, 6) is 0. The van der Waals surface area contributed by atoms with Crippen molar-refractivity contribution in [2.75, 3.05) is 0 Å². The molecule has 3 aromatic carbocycles. The molecule has 0 unspecified atom stereocenters. The normalized spacial score (nSPS) is 13.3. The van der Waals surface area contributed by atoms with Crippen LogP contribution in [0.2, 0.25) is 13.1 Å². The Balaban J connectivity index is 2.06. The SMILES string of the molecule is Cc1ccc([C@@H](NS(=O)(=O)c2ccc(C)cc2)[Si](C)(C)c2ccccc2)cc1. The van der Waals surface area contributed by atoms with Crippen LogP contribution in [0.5, 0.6) is 0 Å². The van der Waals surface area contributed by atoms with Gasteiger partial charge in [-0.15, -0.1) is 0 Å². The Kier molecular flexibility index (Phi) is 5.89. The van der Waals surface area contributed by atoms with Gasteiger partial charge in [0.1, 0.15) is 8.07 Å². The maximum atomic E-state index is 13.2. The van der Waals surface area contributed by atoms with E-state index in [-0.39, 0.29) is 5.67 Å². The van der Waals surface area contributed by atoms with E-state index in [9.17, 15) is 8.42 Å². The number of sulfonamides is 1. The van der Waals surface area contributed by atoms with Gasteiger partial charge in [-0.3, -0.25) is 0 Å². The summed E-state index contributed by atoms with van der Waals surface area (Å²) in [6.45, 7) is 8.41. The molecule has 0 aromatic heterocycles. The van der Waals surface area contributed by atoms with Crippen molar-refractivity contribution in [1.82, 2.24) is 4.72 Å². The van der Waals surface area contributed by atoms with Crippen LogP contribution in [-0.4, -0.2) is 16.5 Å². The van der Waals surface area contributed by atoms with Crippen LogP contribution in [0.4, 0.5) is 0 Å². The van der Waals surface area contributed by atoms with Crippen molar-refractivity contribution in [3.63, 3.8) is 0 Å². The lowest BCUT2D eigenvalue weighted by Gasteiger charge is -2.34. The van der Waals surface area contributed by atoms with Crippen LogP contribution in [0, 0.1) is 13.8 Å². The van der Waals surface area contributed by atoms with Crippen LogP contribution >= 0.6 is 0 Å². The molecule has 3 nitrogen and oxygen atoms in total. The van der Waals surface area contributed by atoms with E-state index in [4.69, 9.17) is 0 Å². The number of hydrogen-bond donors (Lipinski definition) is 1. The maximum Gasteiger partial charge on any atom is 0.240 e. The van der Waals surface area contributed by atoms with Gasteiger partial charge in [-0.25, -0.2) is 13.1 Å². The van der Waals surface area contributed by atoms with Gasteiger partial charge in [0.15, 0.2) is 0 Å². The quantitative estimate of drug-likeness (QED) is 0.610. The van der Waals surface area contributed by atoms with Crippen molar-refractivity contribution in [2.45, 2.75) is 37.5 Å². The van der Waals surface area contributed by atoms with Gasteiger partial charge < -0.3 is 0 Å². The summed E-state index contributed by atoms with van der Waals surface area (Å²) in [5.41, 5.74) is 2.92. The van der Waals surface area contributed by atoms with Crippen molar-refractivity contribution >= 4 is 23.3 Å². The molecule has 5 heteroatoms. The highest BCUT2D eigenvalue weighted by molar-refractivity contribution is 7.89. The molecule has 0 aliphatic rings. The topological polar surface area (TPSA) is 46.2 Å². The van der Waals surface area contributed by atoms with Crippen molar-refractivity contribution in [1.29, 1.82) is 0 Å². The van der Waals surface area contributed by atoms with E-state index in [0.717, 1.165) is 16.7 Å². The first-order valence-electron chi connectivity index (χ1n) is 9.41. The molecule has 146 valence electrons. The molecular formula is C23H27NO2SSi. The highest BCUT2D eigenvalue weighted by atomic mass is 32.2. The monoisotopic (exact) mass is 409 g/mol. The average molecular weight is 410 g/mol. The molecule has 0 spiro atoms. The van der Waals surface area contributed by atoms with Gasteiger partial charge in [-0.2, -0.15) is 0 Å². The molecule has 3 rings (SSSR count). The Morgan fingerprint density at radius 1 is 0.750 bits per heavy atom. The first-order chi connectivity index (χ1) is 13.2. The largest absolute Gasteiger partial charge is 0.240 e. The molecule has 0 fully saturated rings. The molecule has 0 saturated carbocycles. The Morgan fingerprint density at radius 3 is 1.79 bits per heavy atom. The number of hydrogen-bond acceptors (Lipinski definition) is 2. The predicted molar refractivity (Wildman–Crippen MR) is 119 cm³/mol. The van der Waals surface area contributed by atoms with E-state index in [1.807, 2.05) is 68.4 Å². The first-order valence-corrected chi connectivity index (χ1v) is 14.0. The van der Waals surface area contributed by atoms with Gasteiger partial charge in [-0.1, -0.05) is 96.1 Å². The molecule has 1 N–H and O–H groups in total. The minimum absolute atomic E-state index is 0.276. The fourth-order valence-electron chi connectivity index (χ4n) is 3.37. The van der Waals surface area contributed by atoms with E-state index >= 15 is 0 Å². The van der Waals surface area contributed by atoms with Gasteiger partial charge in [0.25, 0.3) is 0 Å². The van der Waals surface area contributed by atoms with E-state index in [0.29, 0.717) is 4.90 Å². The highest BCUT2D eigenvalue weighted by Gasteiger charge is 2.37. The molecule has 0 radical (unpaired) electrons. The van der Waals surface area contributed by atoms with Crippen molar-refractivity contribution in [3.05, 3.63) is 95.6 Å². The summed E-state index contributed by atoms with van der Waals surface area (Å²) in [5, 5.41) is 1.21. The molecule has 3 aromatic rings. The molecule has 0 heterocycles. The third-order valence-electron chi connectivity index (χ3n) is 5.25. The van der Waals surface area contributed by atoms with Gasteiger partial charge >= 0.3 is 0 Å². The minimum Gasteiger partial charge on any atom is -0.207 e. The van der Waals surface area contributed by atoms with E-state index < -0.39 is 18.1 Å². The summed E-state index contributed by atoms with van der Waals surface area (Å²) in [4.78, 5) is 0.299. The third-order valence-corrected chi connectivity index (χ3v) is 10.6. The van der Waals surface area contributed by atoms with Crippen LogP contribution in [0.25, 0.3) is 0 Å². The second-order valence-corrected chi connectivity index (χ2v) is 14.2. The van der Waals surface area contributed by atoms with Gasteiger partial charge in [0.05, 0.1) is 4.90 Å². The summed E-state index contributed by atoms with van der Waals surface area (Å²) in [7, 11) is -5.85. The van der Waals surface area contributed by atoms with Crippen molar-refractivity contribution < 1.29 is 8.42 Å². The third kappa shape index (κ3) is 4.43. The minimum atomic E-state index is -3.64. The van der Waals surface area contributed by atoms with Gasteiger partial charge in [0, 0.05) is 5.67 Å². The van der Waals surface area contributed by atoms with Crippen LogP contribution in [0.3, 0.4) is 0 Å². The Labute approximate surface area is 169 Å².